The molecule has 0 unspecified atom stereocenters. The van der Waals surface area contributed by atoms with Crippen LogP contribution in [0.25, 0.3) is 21.5 Å². The Morgan fingerprint density at radius 3 is 2.28 bits per heavy atom. The van der Waals surface area contributed by atoms with Crippen molar-refractivity contribution >= 4 is 21.5 Å². The zero-order chi connectivity index (χ0) is 22.2. The molecule has 2 aliphatic rings. The van der Waals surface area contributed by atoms with E-state index in [1.165, 1.54) is 5.56 Å². The van der Waals surface area contributed by atoms with Crippen LogP contribution in [0.4, 0.5) is 0 Å². The molecule has 0 radical (unpaired) electrons. The lowest BCUT2D eigenvalue weighted by Gasteiger charge is -2.11. The third-order valence-electron chi connectivity index (χ3n) is 5.76. The molecule has 0 spiro atoms. The summed E-state index contributed by atoms with van der Waals surface area (Å²) in [7, 11) is 0. The van der Waals surface area contributed by atoms with Crippen molar-refractivity contribution in [2.45, 2.75) is 39.5 Å². The smallest absolute Gasteiger partial charge is 0.231 e. The predicted molar refractivity (Wildman–Crippen MR) is 124 cm³/mol. The molecule has 0 amide bonds. The van der Waals surface area contributed by atoms with Gasteiger partial charge in [0.2, 0.25) is 13.6 Å². The standard InChI is InChI=1S/2C13H13NO2/c1-8(2)11-5-9-6-14-4-3-10(9)12-13(11)16-7-15-12;1-8(2)12-9-3-4-11-13(16-7-15-11)10(9)5-6-14-12/h2*3-6,8H,7H2,1-2H3. The number of pyridine rings is 2. The number of hydrogen-bond acceptors (Lipinski definition) is 6. The lowest BCUT2D eigenvalue weighted by molar-refractivity contribution is 0.174. The molecule has 32 heavy (non-hydrogen) atoms. The maximum absolute atomic E-state index is 5.56. The Hall–Kier alpha value is -3.54. The topological polar surface area (TPSA) is 62.7 Å². The molecule has 0 atom stereocenters. The third-order valence-corrected chi connectivity index (χ3v) is 5.76. The van der Waals surface area contributed by atoms with Gasteiger partial charge in [0.1, 0.15) is 0 Å². The highest BCUT2D eigenvalue weighted by Gasteiger charge is 2.23. The molecule has 0 fully saturated rings. The molecule has 6 nitrogen and oxygen atoms in total. The van der Waals surface area contributed by atoms with Gasteiger partial charge in [0.05, 0.1) is 5.69 Å². The summed E-state index contributed by atoms with van der Waals surface area (Å²) in [6, 6.07) is 10.1. The van der Waals surface area contributed by atoms with E-state index in [2.05, 4.69) is 49.8 Å². The van der Waals surface area contributed by atoms with Crippen molar-refractivity contribution in [1.82, 2.24) is 9.97 Å². The van der Waals surface area contributed by atoms with Gasteiger partial charge in [-0.1, -0.05) is 27.7 Å². The van der Waals surface area contributed by atoms with Gasteiger partial charge in [-0.05, 0) is 42.2 Å². The van der Waals surface area contributed by atoms with Crippen molar-refractivity contribution in [3.63, 3.8) is 0 Å². The molecule has 4 aromatic rings. The van der Waals surface area contributed by atoms with Gasteiger partial charge in [0, 0.05) is 45.7 Å². The molecule has 2 aromatic heterocycles. The number of aromatic nitrogens is 2. The van der Waals surface area contributed by atoms with Crippen LogP contribution in [-0.2, 0) is 0 Å². The summed E-state index contributed by atoms with van der Waals surface area (Å²) in [6.07, 6.45) is 5.47. The van der Waals surface area contributed by atoms with Gasteiger partial charge in [0.15, 0.2) is 23.0 Å². The van der Waals surface area contributed by atoms with Gasteiger partial charge in [-0.2, -0.15) is 0 Å². The second kappa shape index (κ2) is 8.19. The average molecular weight is 431 g/mol. The summed E-state index contributed by atoms with van der Waals surface area (Å²) in [5.41, 5.74) is 2.30. The summed E-state index contributed by atoms with van der Waals surface area (Å²) in [5.74, 6) is 4.26. The van der Waals surface area contributed by atoms with Gasteiger partial charge in [0.25, 0.3) is 0 Å². The molecule has 4 heterocycles. The molecular weight excluding hydrogens is 404 g/mol. The Morgan fingerprint density at radius 1 is 0.719 bits per heavy atom. The number of ether oxygens (including phenoxy) is 4. The predicted octanol–water partition coefficient (Wildman–Crippen LogP) is 6.17. The molecule has 6 heteroatoms. The minimum Gasteiger partial charge on any atom is -0.454 e. The first-order valence-corrected chi connectivity index (χ1v) is 10.9. The second-order valence-corrected chi connectivity index (χ2v) is 8.53. The van der Waals surface area contributed by atoms with Crippen LogP contribution in [0.5, 0.6) is 23.0 Å². The molecule has 0 aliphatic carbocycles. The number of fused-ring (bicyclic) bond motifs is 6. The lowest BCUT2D eigenvalue weighted by Crippen LogP contribution is -1.95. The number of hydrogen-bond donors (Lipinski definition) is 0. The van der Waals surface area contributed by atoms with E-state index in [-0.39, 0.29) is 0 Å². The quantitative estimate of drug-likeness (QED) is 0.379. The van der Waals surface area contributed by atoms with Gasteiger partial charge in [-0.15, -0.1) is 0 Å². The fourth-order valence-electron chi connectivity index (χ4n) is 4.19. The van der Waals surface area contributed by atoms with Crippen LogP contribution in [0, 0.1) is 0 Å². The van der Waals surface area contributed by atoms with E-state index in [1.807, 2.05) is 30.6 Å². The van der Waals surface area contributed by atoms with Crippen molar-refractivity contribution in [2.24, 2.45) is 0 Å². The monoisotopic (exact) mass is 430 g/mol. The minimum atomic E-state index is 0.313. The molecule has 2 aromatic carbocycles. The summed E-state index contributed by atoms with van der Waals surface area (Å²) in [5, 5.41) is 4.43. The SMILES string of the molecule is CC(C)c1cc2cnccc2c2c1OCO2.CC(C)c1nccc2c3c(ccc12)OCO3. The van der Waals surface area contributed by atoms with Crippen LogP contribution in [-0.4, -0.2) is 23.6 Å². The van der Waals surface area contributed by atoms with E-state index in [9.17, 15) is 0 Å². The van der Waals surface area contributed by atoms with Crippen LogP contribution < -0.4 is 18.9 Å². The average Bonchev–Trinajstić information content (AvgIpc) is 3.48. The maximum atomic E-state index is 5.56. The van der Waals surface area contributed by atoms with Crippen LogP contribution in [0.2, 0.25) is 0 Å². The number of rotatable bonds is 2. The normalized spacial score (nSPS) is 13.7. The number of benzene rings is 2. The fraction of sp³-hybridized carbons (Fsp3) is 0.308. The van der Waals surface area contributed by atoms with Crippen LogP contribution in [0.1, 0.15) is 50.8 Å². The van der Waals surface area contributed by atoms with E-state index < -0.39 is 0 Å². The summed E-state index contributed by atoms with van der Waals surface area (Å²) < 4.78 is 22.0. The molecular formula is C26H26N2O4. The largest absolute Gasteiger partial charge is 0.454 e. The first-order chi connectivity index (χ1) is 15.5. The van der Waals surface area contributed by atoms with Gasteiger partial charge < -0.3 is 18.9 Å². The molecule has 6 rings (SSSR count). The van der Waals surface area contributed by atoms with E-state index in [0.29, 0.717) is 25.4 Å². The van der Waals surface area contributed by atoms with Crippen molar-refractivity contribution in [1.29, 1.82) is 0 Å². The van der Waals surface area contributed by atoms with E-state index in [0.717, 1.165) is 50.2 Å². The molecule has 2 aliphatic heterocycles. The van der Waals surface area contributed by atoms with Crippen LogP contribution in [0.15, 0.2) is 48.9 Å². The minimum absolute atomic E-state index is 0.313. The Kier molecular flexibility index (Phi) is 5.21. The van der Waals surface area contributed by atoms with Gasteiger partial charge in [-0.3, -0.25) is 9.97 Å². The van der Waals surface area contributed by atoms with Crippen LogP contribution in [0.3, 0.4) is 0 Å². The second-order valence-electron chi connectivity index (χ2n) is 8.53. The highest BCUT2D eigenvalue weighted by Crippen LogP contribution is 2.44. The van der Waals surface area contributed by atoms with E-state index in [1.54, 1.807) is 6.20 Å². The van der Waals surface area contributed by atoms with E-state index in [4.69, 9.17) is 18.9 Å². The molecule has 0 saturated heterocycles. The first kappa shape index (κ1) is 20.4. The van der Waals surface area contributed by atoms with Gasteiger partial charge in [-0.25, -0.2) is 0 Å². The van der Waals surface area contributed by atoms with Gasteiger partial charge >= 0.3 is 0 Å². The Morgan fingerprint density at radius 2 is 1.47 bits per heavy atom. The number of nitrogens with zero attached hydrogens (tertiary/aromatic N) is 2. The van der Waals surface area contributed by atoms with Crippen molar-refractivity contribution in [3.8, 4) is 23.0 Å². The Labute approximate surface area is 187 Å². The third kappa shape index (κ3) is 3.45. The molecule has 164 valence electrons. The zero-order valence-electron chi connectivity index (χ0n) is 18.7. The highest BCUT2D eigenvalue weighted by atomic mass is 16.7. The first-order valence-electron chi connectivity index (χ1n) is 10.9. The maximum Gasteiger partial charge on any atom is 0.231 e. The summed E-state index contributed by atoms with van der Waals surface area (Å²) in [6.45, 7) is 9.22. The van der Waals surface area contributed by atoms with Crippen LogP contribution >= 0.6 is 0 Å². The van der Waals surface area contributed by atoms with Crippen molar-refractivity contribution < 1.29 is 18.9 Å². The molecule has 0 N–H and O–H groups in total. The zero-order valence-corrected chi connectivity index (χ0v) is 18.7. The summed E-state index contributed by atoms with van der Waals surface area (Å²) >= 11 is 0. The Bertz CT molecular complexity index is 1300. The Balaban J connectivity index is 0.000000135. The van der Waals surface area contributed by atoms with Crippen molar-refractivity contribution in [2.75, 3.05) is 13.6 Å². The summed E-state index contributed by atoms with van der Waals surface area (Å²) in [4.78, 5) is 8.58. The van der Waals surface area contributed by atoms with E-state index >= 15 is 0 Å². The fourth-order valence-corrected chi connectivity index (χ4v) is 4.19. The molecule has 0 saturated carbocycles. The highest BCUT2D eigenvalue weighted by molar-refractivity contribution is 5.93. The lowest BCUT2D eigenvalue weighted by atomic mass is 9.98. The molecule has 0 bridgehead atoms. The van der Waals surface area contributed by atoms with Crippen molar-refractivity contribution in [3.05, 3.63) is 60.2 Å².